The Labute approximate surface area is 101 Å². The zero-order chi connectivity index (χ0) is 12.1. The molecule has 0 unspecified atom stereocenters. The van der Waals surface area contributed by atoms with Crippen LogP contribution in [0.5, 0.6) is 0 Å². The molecule has 5 nitrogen and oxygen atoms in total. The van der Waals surface area contributed by atoms with E-state index in [0.717, 1.165) is 25.7 Å². The third-order valence-electron chi connectivity index (χ3n) is 3.61. The standard InChI is InChI=1S/C12H19N3O2/c13-9-12(6-3-1-2-4-7-12)11(16)14-10-5-8-17-15-10/h5,8H,1-4,6-7,9,13H2,(H,14,15,16). The molecular weight excluding hydrogens is 218 g/mol. The molecule has 0 atom stereocenters. The van der Waals surface area contributed by atoms with Gasteiger partial charge in [0.25, 0.3) is 0 Å². The molecule has 0 saturated heterocycles. The van der Waals surface area contributed by atoms with Gasteiger partial charge in [0.15, 0.2) is 5.82 Å². The summed E-state index contributed by atoms with van der Waals surface area (Å²) < 4.78 is 4.70. The van der Waals surface area contributed by atoms with Crippen molar-refractivity contribution in [2.45, 2.75) is 38.5 Å². The predicted octanol–water partition coefficient (Wildman–Crippen LogP) is 1.91. The van der Waals surface area contributed by atoms with Crippen LogP contribution in [0, 0.1) is 5.41 Å². The summed E-state index contributed by atoms with van der Waals surface area (Å²) in [5.74, 6) is 0.447. The molecular formula is C12H19N3O2. The number of hydrogen-bond acceptors (Lipinski definition) is 4. The maximum Gasteiger partial charge on any atom is 0.233 e. The minimum Gasteiger partial charge on any atom is -0.363 e. The average molecular weight is 237 g/mol. The van der Waals surface area contributed by atoms with Crippen LogP contribution in [0.15, 0.2) is 16.9 Å². The number of aromatic nitrogens is 1. The molecule has 0 aliphatic heterocycles. The third-order valence-corrected chi connectivity index (χ3v) is 3.61. The smallest absolute Gasteiger partial charge is 0.233 e. The Morgan fingerprint density at radius 1 is 1.41 bits per heavy atom. The van der Waals surface area contributed by atoms with Gasteiger partial charge < -0.3 is 15.6 Å². The number of amides is 1. The SMILES string of the molecule is NCC1(C(=O)Nc2ccon2)CCCCCC1. The quantitative estimate of drug-likeness (QED) is 0.787. The van der Waals surface area contributed by atoms with Crippen molar-refractivity contribution in [1.82, 2.24) is 5.16 Å². The van der Waals surface area contributed by atoms with Crippen molar-refractivity contribution in [3.05, 3.63) is 12.3 Å². The summed E-state index contributed by atoms with van der Waals surface area (Å²) in [7, 11) is 0. The van der Waals surface area contributed by atoms with Gasteiger partial charge in [0.2, 0.25) is 5.91 Å². The highest BCUT2D eigenvalue weighted by Gasteiger charge is 2.37. The molecule has 1 aliphatic rings. The van der Waals surface area contributed by atoms with Gasteiger partial charge in [-0.25, -0.2) is 0 Å². The molecule has 1 amide bonds. The van der Waals surface area contributed by atoms with E-state index in [0.29, 0.717) is 12.4 Å². The second kappa shape index (κ2) is 5.31. The van der Waals surface area contributed by atoms with Crippen LogP contribution in [0.3, 0.4) is 0 Å². The molecule has 0 spiro atoms. The van der Waals surface area contributed by atoms with Gasteiger partial charge >= 0.3 is 0 Å². The number of anilines is 1. The molecule has 0 aromatic carbocycles. The molecule has 5 heteroatoms. The van der Waals surface area contributed by atoms with Crippen molar-refractivity contribution in [1.29, 1.82) is 0 Å². The summed E-state index contributed by atoms with van der Waals surface area (Å²) in [5.41, 5.74) is 5.41. The Balaban J connectivity index is 2.07. The van der Waals surface area contributed by atoms with Crippen LogP contribution in [-0.2, 0) is 4.79 Å². The molecule has 1 aromatic heterocycles. The molecule has 1 fully saturated rings. The number of hydrogen-bond donors (Lipinski definition) is 2. The van der Waals surface area contributed by atoms with E-state index in [1.54, 1.807) is 6.07 Å². The topological polar surface area (TPSA) is 81.2 Å². The van der Waals surface area contributed by atoms with Crippen molar-refractivity contribution in [2.24, 2.45) is 11.1 Å². The Bertz CT molecular complexity index is 354. The van der Waals surface area contributed by atoms with Gasteiger partial charge in [0.1, 0.15) is 6.26 Å². The first-order valence-corrected chi connectivity index (χ1v) is 6.19. The first kappa shape index (κ1) is 12.1. The van der Waals surface area contributed by atoms with Crippen molar-refractivity contribution < 1.29 is 9.32 Å². The minimum absolute atomic E-state index is 0.0178. The molecule has 0 radical (unpaired) electrons. The van der Waals surface area contributed by atoms with Crippen molar-refractivity contribution in [3.63, 3.8) is 0 Å². The van der Waals surface area contributed by atoms with Crippen LogP contribution in [0.4, 0.5) is 5.82 Å². The number of nitrogens with zero attached hydrogens (tertiary/aromatic N) is 1. The number of carbonyl (C=O) groups is 1. The van der Waals surface area contributed by atoms with Crippen molar-refractivity contribution in [2.75, 3.05) is 11.9 Å². The van der Waals surface area contributed by atoms with E-state index in [-0.39, 0.29) is 5.91 Å². The van der Waals surface area contributed by atoms with Crippen molar-refractivity contribution in [3.8, 4) is 0 Å². The fourth-order valence-electron chi connectivity index (χ4n) is 2.46. The second-order valence-electron chi connectivity index (χ2n) is 4.74. The van der Waals surface area contributed by atoms with Gasteiger partial charge in [-0.3, -0.25) is 4.79 Å². The Hall–Kier alpha value is -1.36. The Morgan fingerprint density at radius 2 is 2.12 bits per heavy atom. The van der Waals surface area contributed by atoms with Crippen LogP contribution in [0.2, 0.25) is 0 Å². The van der Waals surface area contributed by atoms with Gasteiger partial charge in [-0.05, 0) is 12.8 Å². The normalized spacial score (nSPS) is 19.6. The van der Waals surface area contributed by atoms with Crippen LogP contribution < -0.4 is 11.1 Å². The second-order valence-corrected chi connectivity index (χ2v) is 4.74. The lowest BCUT2D eigenvalue weighted by molar-refractivity contribution is -0.125. The summed E-state index contributed by atoms with van der Waals surface area (Å²) in [6.45, 7) is 0.399. The van der Waals surface area contributed by atoms with Crippen molar-refractivity contribution >= 4 is 11.7 Å². The zero-order valence-electron chi connectivity index (χ0n) is 9.95. The first-order chi connectivity index (χ1) is 8.27. The Morgan fingerprint density at radius 3 is 2.65 bits per heavy atom. The molecule has 1 heterocycles. The van der Waals surface area contributed by atoms with Gasteiger partial charge in [-0.15, -0.1) is 0 Å². The molecule has 1 aliphatic carbocycles. The highest BCUT2D eigenvalue weighted by Crippen LogP contribution is 2.35. The van der Waals surface area contributed by atoms with Crippen LogP contribution in [0.25, 0.3) is 0 Å². The first-order valence-electron chi connectivity index (χ1n) is 6.19. The lowest BCUT2D eigenvalue weighted by atomic mass is 9.79. The largest absolute Gasteiger partial charge is 0.363 e. The fraction of sp³-hybridized carbons (Fsp3) is 0.667. The molecule has 17 heavy (non-hydrogen) atoms. The van der Waals surface area contributed by atoms with Crippen LogP contribution >= 0.6 is 0 Å². The van der Waals surface area contributed by atoms with Gasteiger partial charge in [0, 0.05) is 12.6 Å². The monoisotopic (exact) mass is 237 g/mol. The fourth-order valence-corrected chi connectivity index (χ4v) is 2.46. The average Bonchev–Trinajstić information content (AvgIpc) is 2.72. The van der Waals surface area contributed by atoms with Gasteiger partial charge in [0.05, 0.1) is 5.41 Å². The number of nitrogens with one attached hydrogen (secondary N) is 1. The molecule has 3 N–H and O–H groups in total. The van der Waals surface area contributed by atoms with Crippen LogP contribution in [0.1, 0.15) is 38.5 Å². The van der Waals surface area contributed by atoms with E-state index in [1.807, 2.05) is 0 Å². The lowest BCUT2D eigenvalue weighted by Crippen LogP contribution is -2.42. The van der Waals surface area contributed by atoms with Gasteiger partial charge in [-0.2, -0.15) is 0 Å². The Kier molecular flexibility index (Phi) is 3.78. The summed E-state index contributed by atoms with van der Waals surface area (Å²) >= 11 is 0. The number of rotatable bonds is 3. The molecule has 2 rings (SSSR count). The van der Waals surface area contributed by atoms with E-state index in [4.69, 9.17) is 10.3 Å². The number of carbonyl (C=O) groups excluding carboxylic acids is 1. The zero-order valence-corrected chi connectivity index (χ0v) is 9.95. The lowest BCUT2D eigenvalue weighted by Gasteiger charge is -2.29. The van der Waals surface area contributed by atoms with E-state index in [1.165, 1.54) is 19.1 Å². The van der Waals surface area contributed by atoms with E-state index in [9.17, 15) is 4.79 Å². The van der Waals surface area contributed by atoms with E-state index < -0.39 is 5.41 Å². The molecule has 1 saturated carbocycles. The predicted molar refractivity (Wildman–Crippen MR) is 64.3 cm³/mol. The summed E-state index contributed by atoms with van der Waals surface area (Å²) in [4.78, 5) is 12.3. The molecule has 1 aromatic rings. The molecule has 0 bridgehead atoms. The maximum absolute atomic E-state index is 12.3. The third kappa shape index (κ3) is 2.66. The maximum atomic E-state index is 12.3. The summed E-state index contributed by atoms with van der Waals surface area (Å²) in [5, 5.41) is 6.48. The highest BCUT2D eigenvalue weighted by molar-refractivity contribution is 5.94. The van der Waals surface area contributed by atoms with E-state index in [2.05, 4.69) is 10.5 Å². The number of nitrogens with two attached hydrogens (primary N) is 1. The minimum atomic E-state index is -0.421. The molecule has 94 valence electrons. The van der Waals surface area contributed by atoms with E-state index >= 15 is 0 Å². The highest BCUT2D eigenvalue weighted by atomic mass is 16.5. The summed E-state index contributed by atoms with van der Waals surface area (Å²) in [6.07, 6.45) is 7.71. The summed E-state index contributed by atoms with van der Waals surface area (Å²) in [6, 6.07) is 1.64. The van der Waals surface area contributed by atoms with Gasteiger partial charge in [-0.1, -0.05) is 30.8 Å². The van der Waals surface area contributed by atoms with Crippen LogP contribution in [-0.4, -0.2) is 17.6 Å².